The van der Waals surface area contributed by atoms with E-state index in [1.54, 1.807) is 15.9 Å². The van der Waals surface area contributed by atoms with Crippen molar-refractivity contribution in [3.8, 4) is 0 Å². The second kappa shape index (κ2) is 7.52. The van der Waals surface area contributed by atoms with Crippen molar-refractivity contribution < 1.29 is 0 Å². The fourth-order valence-corrected chi connectivity index (χ4v) is 12.2. The van der Waals surface area contributed by atoms with Crippen LogP contribution in [0.4, 0.5) is 0 Å². The number of allylic oxidation sites excluding steroid dienone is 4. The van der Waals surface area contributed by atoms with Gasteiger partial charge in [0.25, 0.3) is 0 Å². The van der Waals surface area contributed by atoms with Gasteiger partial charge in [-0.05, 0) is 52.2 Å². The van der Waals surface area contributed by atoms with Crippen LogP contribution in [0, 0.1) is 19.8 Å². The van der Waals surface area contributed by atoms with Gasteiger partial charge in [-0.2, -0.15) is 0 Å². The highest BCUT2D eigenvalue weighted by atomic mass is 28.3. The maximum atomic E-state index is 2.61. The van der Waals surface area contributed by atoms with E-state index in [-0.39, 0.29) is 5.04 Å². The SMILES string of the molecule is CC1=CC(C)([Si](CC(C)C)(c2ccccc2)c2cc(C)cc(C)c2)C(C)=C1C. The molecule has 0 N–H and O–H groups in total. The lowest BCUT2D eigenvalue weighted by Crippen LogP contribution is -2.66. The number of aryl methyl sites for hydroxylation is 2. The average Bonchev–Trinajstić information content (AvgIpc) is 2.83. The van der Waals surface area contributed by atoms with Crippen molar-refractivity contribution in [3.63, 3.8) is 0 Å². The summed E-state index contributed by atoms with van der Waals surface area (Å²) in [6.07, 6.45) is 2.61. The highest BCUT2D eigenvalue weighted by Crippen LogP contribution is 2.54. The molecule has 0 nitrogen and oxygen atoms in total. The first-order chi connectivity index (χ1) is 13.1. The Bertz CT molecular complexity index is 912. The summed E-state index contributed by atoms with van der Waals surface area (Å²) in [4.78, 5) is 0. The van der Waals surface area contributed by atoms with Crippen LogP contribution in [0.15, 0.2) is 71.3 Å². The number of hydrogen-bond acceptors (Lipinski definition) is 0. The Balaban J connectivity index is 2.45. The molecular weight excluding hydrogens is 352 g/mol. The van der Waals surface area contributed by atoms with E-state index in [0.717, 1.165) is 0 Å². The molecule has 28 heavy (non-hydrogen) atoms. The van der Waals surface area contributed by atoms with Crippen LogP contribution in [0.3, 0.4) is 0 Å². The molecule has 2 unspecified atom stereocenters. The lowest BCUT2D eigenvalue weighted by Gasteiger charge is -2.48. The molecule has 3 rings (SSSR count). The molecule has 0 aliphatic heterocycles. The van der Waals surface area contributed by atoms with Crippen LogP contribution < -0.4 is 10.4 Å². The van der Waals surface area contributed by atoms with E-state index in [1.807, 2.05) is 0 Å². The second-order valence-corrected chi connectivity index (χ2v) is 13.9. The molecule has 2 atom stereocenters. The van der Waals surface area contributed by atoms with Crippen LogP contribution in [0.25, 0.3) is 0 Å². The van der Waals surface area contributed by atoms with Crippen molar-refractivity contribution in [2.75, 3.05) is 0 Å². The summed E-state index contributed by atoms with van der Waals surface area (Å²) in [5, 5.41) is 3.24. The van der Waals surface area contributed by atoms with Gasteiger partial charge in [0.15, 0.2) is 0 Å². The zero-order valence-corrected chi connectivity index (χ0v) is 20.0. The molecule has 2 aromatic rings. The van der Waals surface area contributed by atoms with Crippen molar-refractivity contribution in [1.29, 1.82) is 0 Å². The summed E-state index contributed by atoms with van der Waals surface area (Å²) in [5.41, 5.74) is 7.28. The molecule has 0 amide bonds. The Kier molecular flexibility index (Phi) is 5.60. The summed E-state index contributed by atoms with van der Waals surface area (Å²) >= 11 is 0. The normalized spacial score (nSPS) is 21.8. The van der Waals surface area contributed by atoms with Crippen molar-refractivity contribution in [1.82, 2.24) is 0 Å². The molecule has 1 heteroatoms. The van der Waals surface area contributed by atoms with E-state index in [2.05, 4.69) is 110 Å². The Morgan fingerprint density at radius 1 is 0.821 bits per heavy atom. The largest absolute Gasteiger partial charge is 0.131 e. The summed E-state index contributed by atoms with van der Waals surface area (Å²) in [6, 6.07) is 20.0. The molecule has 0 heterocycles. The van der Waals surface area contributed by atoms with Gasteiger partial charge < -0.3 is 0 Å². The third kappa shape index (κ3) is 3.24. The Labute approximate surface area is 173 Å². The topological polar surface area (TPSA) is 0 Å². The molecule has 0 aromatic heterocycles. The van der Waals surface area contributed by atoms with Gasteiger partial charge in [0, 0.05) is 5.04 Å². The minimum absolute atomic E-state index is 0.0903. The summed E-state index contributed by atoms with van der Waals surface area (Å²) in [5.74, 6) is 0.645. The minimum Gasteiger partial charge on any atom is -0.0733 e. The zero-order valence-electron chi connectivity index (χ0n) is 19.0. The van der Waals surface area contributed by atoms with Gasteiger partial charge in [-0.25, -0.2) is 0 Å². The van der Waals surface area contributed by atoms with Crippen molar-refractivity contribution in [3.05, 3.63) is 82.5 Å². The van der Waals surface area contributed by atoms with Gasteiger partial charge in [0.05, 0.1) is 0 Å². The third-order valence-electron chi connectivity index (χ3n) is 7.02. The maximum absolute atomic E-state index is 2.61. The van der Waals surface area contributed by atoms with E-state index < -0.39 is 8.07 Å². The predicted octanol–water partition coefficient (Wildman–Crippen LogP) is 6.58. The van der Waals surface area contributed by atoms with Crippen LogP contribution in [0.1, 0.15) is 52.7 Å². The van der Waals surface area contributed by atoms with Gasteiger partial charge in [0.1, 0.15) is 8.07 Å². The summed E-state index contributed by atoms with van der Waals surface area (Å²) < 4.78 is 0. The van der Waals surface area contributed by atoms with E-state index in [1.165, 1.54) is 28.3 Å². The van der Waals surface area contributed by atoms with Crippen LogP contribution in [0.2, 0.25) is 11.1 Å². The Morgan fingerprint density at radius 3 is 1.86 bits per heavy atom. The lowest BCUT2D eigenvalue weighted by atomic mass is 10.0. The molecule has 1 aliphatic carbocycles. The lowest BCUT2D eigenvalue weighted by molar-refractivity contribution is 0.702. The Hall–Kier alpha value is -1.86. The smallest absolute Gasteiger partial charge is 0.0733 e. The van der Waals surface area contributed by atoms with Gasteiger partial charge in [-0.3, -0.25) is 0 Å². The summed E-state index contributed by atoms with van der Waals surface area (Å²) in [6.45, 7) is 18.8. The molecule has 1 aliphatic rings. The molecule has 0 fully saturated rings. The standard InChI is InChI=1S/C27H36Si/c1-19(2)18-28(25-12-10-9-11-13-25,26-15-20(3)14-21(4)16-26)27(8)17-22(5)23(6)24(27)7/h9-17,19H,18H2,1-8H3. The molecule has 0 bridgehead atoms. The first-order valence-corrected chi connectivity index (χ1v) is 12.8. The first-order valence-electron chi connectivity index (χ1n) is 10.6. The Morgan fingerprint density at radius 2 is 1.39 bits per heavy atom. The second-order valence-electron chi connectivity index (χ2n) is 9.53. The number of benzene rings is 2. The molecule has 2 aromatic carbocycles. The van der Waals surface area contributed by atoms with E-state index in [0.29, 0.717) is 5.92 Å². The van der Waals surface area contributed by atoms with Crippen molar-refractivity contribution in [2.45, 2.75) is 66.5 Å². The van der Waals surface area contributed by atoms with Gasteiger partial charge in [-0.1, -0.05) is 108 Å². The fraction of sp³-hybridized carbons (Fsp3) is 0.407. The van der Waals surface area contributed by atoms with Crippen molar-refractivity contribution >= 4 is 18.4 Å². The molecular formula is C27H36Si. The molecule has 148 valence electrons. The van der Waals surface area contributed by atoms with Gasteiger partial charge in [0.2, 0.25) is 0 Å². The van der Waals surface area contributed by atoms with E-state index in [4.69, 9.17) is 0 Å². The summed E-state index contributed by atoms with van der Waals surface area (Å²) in [7, 11) is -2.15. The zero-order chi connectivity index (χ0) is 20.7. The van der Waals surface area contributed by atoms with Gasteiger partial charge >= 0.3 is 0 Å². The molecule has 0 saturated carbocycles. The monoisotopic (exact) mass is 388 g/mol. The fourth-order valence-electron chi connectivity index (χ4n) is 5.55. The number of hydrogen-bond donors (Lipinski definition) is 0. The quantitative estimate of drug-likeness (QED) is 0.508. The van der Waals surface area contributed by atoms with Crippen LogP contribution in [-0.2, 0) is 0 Å². The van der Waals surface area contributed by atoms with E-state index in [9.17, 15) is 0 Å². The van der Waals surface area contributed by atoms with Crippen LogP contribution in [0.5, 0.6) is 0 Å². The number of rotatable bonds is 5. The van der Waals surface area contributed by atoms with Crippen LogP contribution >= 0.6 is 0 Å². The first kappa shape index (κ1) is 20.9. The average molecular weight is 389 g/mol. The third-order valence-corrected chi connectivity index (χ3v) is 13.3. The maximum Gasteiger partial charge on any atom is 0.131 e. The van der Waals surface area contributed by atoms with Crippen LogP contribution in [-0.4, -0.2) is 8.07 Å². The molecule has 0 radical (unpaired) electrons. The highest BCUT2D eigenvalue weighted by molar-refractivity contribution is 7.05. The molecule has 0 spiro atoms. The van der Waals surface area contributed by atoms with Gasteiger partial charge in [-0.15, -0.1) is 0 Å². The highest BCUT2D eigenvalue weighted by Gasteiger charge is 2.54. The van der Waals surface area contributed by atoms with E-state index >= 15 is 0 Å². The molecule has 0 saturated heterocycles. The predicted molar refractivity (Wildman–Crippen MR) is 128 cm³/mol. The van der Waals surface area contributed by atoms with Crippen molar-refractivity contribution in [2.24, 2.45) is 5.92 Å². The minimum atomic E-state index is -2.15.